The summed E-state index contributed by atoms with van der Waals surface area (Å²) in [7, 11) is 1.20. The van der Waals surface area contributed by atoms with Crippen molar-refractivity contribution in [3.05, 3.63) is 34.5 Å². The number of carbonyl (C=O) groups excluding carboxylic acids is 2. The number of methoxy groups -OCH3 is 1. The molecule has 0 aromatic carbocycles. The second-order valence-electron chi connectivity index (χ2n) is 4.87. The zero-order valence-corrected chi connectivity index (χ0v) is 14.2. The van der Waals surface area contributed by atoms with Crippen molar-refractivity contribution in [3.8, 4) is 6.07 Å². The van der Waals surface area contributed by atoms with Crippen LogP contribution < -0.4 is 5.32 Å². The lowest BCUT2D eigenvalue weighted by atomic mass is 10.1. The topological polar surface area (TPSA) is 127 Å². The molecule has 0 spiro atoms. The molecule has 0 atom stereocenters. The first-order chi connectivity index (χ1) is 11.9. The highest BCUT2D eigenvalue weighted by Crippen LogP contribution is 2.30. The van der Waals surface area contributed by atoms with Crippen LogP contribution >= 0.6 is 0 Å². The number of rotatable bonds is 5. The van der Waals surface area contributed by atoms with Gasteiger partial charge in [0.2, 0.25) is 5.88 Å². The molecule has 1 N–H and O–H groups in total. The molecule has 9 heteroatoms. The summed E-state index contributed by atoms with van der Waals surface area (Å²) in [6.45, 7) is 5.02. The number of anilines is 2. The van der Waals surface area contributed by atoms with Gasteiger partial charge in [-0.25, -0.2) is 19.6 Å². The molecule has 0 aliphatic heterocycles. The number of esters is 2. The third-order valence-corrected chi connectivity index (χ3v) is 3.22. The maximum Gasteiger partial charge on any atom is 0.343 e. The summed E-state index contributed by atoms with van der Waals surface area (Å²) in [5, 5.41) is 12.1. The van der Waals surface area contributed by atoms with Gasteiger partial charge in [-0.15, -0.1) is 0 Å². The van der Waals surface area contributed by atoms with E-state index in [1.165, 1.54) is 20.2 Å². The van der Waals surface area contributed by atoms with E-state index in [2.05, 4.69) is 20.0 Å². The second-order valence-corrected chi connectivity index (χ2v) is 4.87. The number of hydrogen-bond acceptors (Lipinski definition) is 9. The molecule has 0 aliphatic rings. The van der Waals surface area contributed by atoms with Crippen molar-refractivity contribution in [2.75, 3.05) is 19.0 Å². The van der Waals surface area contributed by atoms with Crippen molar-refractivity contribution in [1.29, 1.82) is 5.26 Å². The molecule has 2 heterocycles. The summed E-state index contributed by atoms with van der Waals surface area (Å²) in [6, 6.07) is 1.89. The number of aryl methyl sites for hydroxylation is 2. The monoisotopic (exact) mass is 344 g/mol. The highest BCUT2D eigenvalue weighted by molar-refractivity contribution is 5.97. The number of furan rings is 1. The average Bonchev–Trinajstić information content (AvgIpc) is 2.89. The molecule has 0 unspecified atom stereocenters. The van der Waals surface area contributed by atoms with Crippen molar-refractivity contribution < 1.29 is 23.5 Å². The summed E-state index contributed by atoms with van der Waals surface area (Å²) in [4.78, 5) is 32.0. The predicted octanol–water partition coefficient (Wildman–Crippen LogP) is 2.27. The lowest BCUT2D eigenvalue weighted by molar-refractivity contribution is 0.0525. The van der Waals surface area contributed by atoms with E-state index in [4.69, 9.17) is 9.15 Å². The molecule has 0 amide bonds. The molecule has 0 aliphatic carbocycles. The van der Waals surface area contributed by atoms with Crippen LogP contribution in [-0.2, 0) is 9.47 Å². The smallest absolute Gasteiger partial charge is 0.343 e. The van der Waals surface area contributed by atoms with Crippen LogP contribution in [0.15, 0.2) is 10.6 Å². The van der Waals surface area contributed by atoms with Gasteiger partial charge in [0.25, 0.3) is 0 Å². The van der Waals surface area contributed by atoms with Gasteiger partial charge in [-0.1, -0.05) is 0 Å². The Hall–Kier alpha value is -3.41. The van der Waals surface area contributed by atoms with Crippen LogP contribution in [0.4, 0.5) is 11.7 Å². The maximum atomic E-state index is 12.0. The minimum absolute atomic E-state index is 0.0102. The SMILES string of the molecule is CCOC(=O)c1cnc(C)nc1Nc1oc(C)c(C(=O)OC)c1C#N. The zero-order chi connectivity index (χ0) is 18.6. The fourth-order valence-corrected chi connectivity index (χ4v) is 2.12. The maximum absolute atomic E-state index is 12.0. The van der Waals surface area contributed by atoms with Crippen molar-refractivity contribution in [1.82, 2.24) is 9.97 Å². The first-order valence-electron chi connectivity index (χ1n) is 7.32. The first kappa shape index (κ1) is 17.9. The fraction of sp³-hybridized carbons (Fsp3) is 0.312. The van der Waals surface area contributed by atoms with Crippen LogP contribution in [0.5, 0.6) is 0 Å². The Kier molecular flexibility index (Phi) is 5.34. The lowest BCUT2D eigenvalue weighted by Crippen LogP contribution is -2.11. The van der Waals surface area contributed by atoms with Gasteiger partial charge in [0.15, 0.2) is 5.82 Å². The summed E-state index contributed by atoms with van der Waals surface area (Å²) < 4.78 is 15.1. The Morgan fingerprint density at radius 2 is 2.08 bits per heavy atom. The Morgan fingerprint density at radius 3 is 2.68 bits per heavy atom. The molecule has 2 rings (SSSR count). The number of ether oxygens (including phenoxy) is 2. The summed E-state index contributed by atoms with van der Waals surface area (Å²) >= 11 is 0. The summed E-state index contributed by atoms with van der Waals surface area (Å²) in [5.41, 5.74) is 0.0383. The van der Waals surface area contributed by atoms with E-state index in [9.17, 15) is 14.9 Å². The number of hydrogen-bond donors (Lipinski definition) is 1. The molecule has 2 aromatic heterocycles. The highest BCUT2D eigenvalue weighted by atomic mass is 16.5. The molecule has 2 aromatic rings. The largest absolute Gasteiger partial charge is 0.465 e. The average molecular weight is 344 g/mol. The third kappa shape index (κ3) is 3.58. The fourth-order valence-electron chi connectivity index (χ4n) is 2.12. The van der Waals surface area contributed by atoms with E-state index in [-0.39, 0.29) is 40.8 Å². The van der Waals surface area contributed by atoms with Crippen LogP contribution in [-0.4, -0.2) is 35.6 Å². The quantitative estimate of drug-likeness (QED) is 0.812. The Balaban J connectivity index is 2.51. The van der Waals surface area contributed by atoms with Crippen LogP contribution in [0.2, 0.25) is 0 Å². The van der Waals surface area contributed by atoms with E-state index >= 15 is 0 Å². The number of carbonyl (C=O) groups is 2. The highest BCUT2D eigenvalue weighted by Gasteiger charge is 2.26. The molecule has 0 radical (unpaired) electrons. The predicted molar refractivity (Wildman–Crippen MR) is 85.5 cm³/mol. The molecular formula is C16H16N4O5. The van der Waals surface area contributed by atoms with Crippen molar-refractivity contribution in [2.24, 2.45) is 0 Å². The van der Waals surface area contributed by atoms with Gasteiger partial charge in [0, 0.05) is 6.20 Å². The summed E-state index contributed by atoms with van der Waals surface area (Å²) in [5.74, 6) is -0.646. The van der Waals surface area contributed by atoms with Crippen LogP contribution in [0.1, 0.15) is 44.8 Å². The normalized spacial score (nSPS) is 10.0. The van der Waals surface area contributed by atoms with Crippen LogP contribution in [0.3, 0.4) is 0 Å². The van der Waals surface area contributed by atoms with Crippen molar-refractivity contribution in [2.45, 2.75) is 20.8 Å². The second kappa shape index (κ2) is 7.44. The minimum Gasteiger partial charge on any atom is -0.465 e. The van der Waals surface area contributed by atoms with Gasteiger partial charge < -0.3 is 19.2 Å². The van der Waals surface area contributed by atoms with Gasteiger partial charge in [0.05, 0.1) is 13.7 Å². The zero-order valence-electron chi connectivity index (χ0n) is 14.2. The molecule has 0 fully saturated rings. The van der Waals surface area contributed by atoms with E-state index in [0.717, 1.165) is 0 Å². The lowest BCUT2D eigenvalue weighted by Gasteiger charge is -2.09. The van der Waals surface area contributed by atoms with Crippen molar-refractivity contribution >= 4 is 23.6 Å². The van der Waals surface area contributed by atoms with E-state index < -0.39 is 11.9 Å². The number of nitrogens with zero attached hydrogens (tertiary/aromatic N) is 3. The van der Waals surface area contributed by atoms with Crippen LogP contribution in [0, 0.1) is 25.2 Å². The Labute approximate surface area is 143 Å². The van der Waals surface area contributed by atoms with Crippen LogP contribution in [0.25, 0.3) is 0 Å². The molecule has 25 heavy (non-hydrogen) atoms. The number of aromatic nitrogens is 2. The third-order valence-electron chi connectivity index (χ3n) is 3.22. The van der Waals surface area contributed by atoms with Gasteiger partial charge in [0.1, 0.15) is 34.3 Å². The Bertz CT molecular complexity index is 866. The molecule has 0 bridgehead atoms. The number of nitrogens with one attached hydrogen (secondary N) is 1. The first-order valence-corrected chi connectivity index (χ1v) is 7.32. The van der Waals surface area contributed by atoms with Gasteiger partial charge in [-0.2, -0.15) is 5.26 Å². The Morgan fingerprint density at radius 1 is 1.36 bits per heavy atom. The molecule has 0 saturated carbocycles. The molecule has 0 saturated heterocycles. The van der Waals surface area contributed by atoms with Gasteiger partial charge in [-0.05, 0) is 20.8 Å². The van der Waals surface area contributed by atoms with E-state index in [1.807, 2.05) is 6.07 Å². The summed E-state index contributed by atoms with van der Waals surface area (Å²) in [6.07, 6.45) is 1.31. The van der Waals surface area contributed by atoms with E-state index in [0.29, 0.717) is 5.82 Å². The minimum atomic E-state index is -0.699. The molecule has 130 valence electrons. The van der Waals surface area contributed by atoms with Gasteiger partial charge >= 0.3 is 11.9 Å². The standard InChI is InChI=1S/C16H16N4O5/c1-5-24-15(21)11-7-18-9(3)19-13(11)20-14-10(6-17)12(8(2)25-14)16(22)23-4/h7H,5H2,1-4H3,(H,18,19,20). The van der Waals surface area contributed by atoms with Gasteiger partial charge in [-0.3, -0.25) is 0 Å². The molecule has 9 nitrogen and oxygen atoms in total. The number of nitriles is 1. The van der Waals surface area contributed by atoms with E-state index in [1.54, 1.807) is 13.8 Å². The molecular weight excluding hydrogens is 328 g/mol. The van der Waals surface area contributed by atoms with Crippen molar-refractivity contribution in [3.63, 3.8) is 0 Å².